The third-order valence-electron chi connectivity index (χ3n) is 1.38. The lowest BCUT2D eigenvalue weighted by atomic mass is 10.3. The molecule has 0 amide bonds. The van der Waals surface area contributed by atoms with Crippen molar-refractivity contribution in [2.45, 2.75) is 0 Å². The molecule has 1 rings (SSSR count). The molecule has 0 spiro atoms. The summed E-state index contributed by atoms with van der Waals surface area (Å²) in [6.07, 6.45) is 2.59. The van der Waals surface area contributed by atoms with Gasteiger partial charge in [0.15, 0.2) is 5.84 Å². The van der Waals surface area contributed by atoms with Crippen LogP contribution in [-0.2, 0) is 7.05 Å². The van der Waals surface area contributed by atoms with Gasteiger partial charge in [0.1, 0.15) is 5.56 Å². The molecule has 0 aliphatic rings. The molecular weight excluding hydrogens is 160 g/mol. The Kier molecular flexibility index (Phi) is 2.09. The first-order valence-electron chi connectivity index (χ1n) is 3.15. The van der Waals surface area contributed by atoms with E-state index in [1.165, 1.54) is 24.1 Å². The van der Waals surface area contributed by atoms with E-state index in [-0.39, 0.29) is 17.0 Å². The zero-order valence-electron chi connectivity index (χ0n) is 6.43. The number of aryl methyl sites for hydroxylation is 1. The van der Waals surface area contributed by atoms with E-state index in [0.717, 1.165) is 0 Å². The highest BCUT2D eigenvalue weighted by Crippen LogP contribution is 1.85. The van der Waals surface area contributed by atoms with Gasteiger partial charge in [-0.15, -0.1) is 0 Å². The van der Waals surface area contributed by atoms with Crippen LogP contribution in [0.5, 0.6) is 0 Å². The molecular formula is C6H8N4O2. The van der Waals surface area contributed by atoms with Crippen molar-refractivity contribution in [3.05, 3.63) is 28.4 Å². The number of hydrogen-bond acceptors (Lipinski definition) is 4. The SMILES string of the molecule is Cn1cncc(/C(N)=N\O)c1=O. The van der Waals surface area contributed by atoms with Crippen molar-refractivity contribution < 1.29 is 5.21 Å². The molecule has 0 saturated carbocycles. The van der Waals surface area contributed by atoms with Crippen LogP contribution >= 0.6 is 0 Å². The predicted molar refractivity (Wildman–Crippen MR) is 42.0 cm³/mol. The Balaban J connectivity index is 3.36. The van der Waals surface area contributed by atoms with Crippen LogP contribution < -0.4 is 11.3 Å². The summed E-state index contributed by atoms with van der Waals surface area (Å²) in [7, 11) is 1.53. The van der Waals surface area contributed by atoms with Gasteiger partial charge in [-0.05, 0) is 0 Å². The second-order valence-corrected chi connectivity index (χ2v) is 2.21. The van der Waals surface area contributed by atoms with E-state index >= 15 is 0 Å². The zero-order valence-corrected chi connectivity index (χ0v) is 6.43. The molecule has 12 heavy (non-hydrogen) atoms. The van der Waals surface area contributed by atoms with Crippen LogP contribution in [0.1, 0.15) is 5.56 Å². The number of amidine groups is 1. The second kappa shape index (κ2) is 3.04. The highest BCUT2D eigenvalue weighted by atomic mass is 16.4. The fourth-order valence-corrected chi connectivity index (χ4v) is 0.735. The number of oxime groups is 1. The first kappa shape index (κ1) is 8.25. The van der Waals surface area contributed by atoms with E-state index in [0.29, 0.717) is 0 Å². The second-order valence-electron chi connectivity index (χ2n) is 2.21. The fourth-order valence-electron chi connectivity index (χ4n) is 0.735. The van der Waals surface area contributed by atoms with Gasteiger partial charge in [-0.1, -0.05) is 5.16 Å². The molecule has 0 aliphatic carbocycles. The third-order valence-corrected chi connectivity index (χ3v) is 1.38. The van der Waals surface area contributed by atoms with Gasteiger partial charge in [0.25, 0.3) is 5.56 Å². The maximum Gasteiger partial charge on any atom is 0.264 e. The van der Waals surface area contributed by atoms with Gasteiger partial charge in [-0.3, -0.25) is 4.79 Å². The van der Waals surface area contributed by atoms with Gasteiger partial charge in [0.05, 0.1) is 6.33 Å². The standard InChI is InChI=1S/C6H8N4O2/c1-10-3-8-2-4(6(10)11)5(7)9-12/h2-3,12H,1H3,(H2,7,9). The Hall–Kier alpha value is -1.85. The van der Waals surface area contributed by atoms with E-state index in [4.69, 9.17) is 10.9 Å². The van der Waals surface area contributed by atoms with E-state index in [1.54, 1.807) is 0 Å². The molecule has 1 heterocycles. The van der Waals surface area contributed by atoms with E-state index in [9.17, 15) is 4.79 Å². The van der Waals surface area contributed by atoms with E-state index in [2.05, 4.69) is 10.1 Å². The number of aromatic nitrogens is 2. The Morgan fingerprint density at radius 2 is 2.50 bits per heavy atom. The average Bonchev–Trinajstić information content (AvgIpc) is 2.08. The summed E-state index contributed by atoms with van der Waals surface area (Å²) >= 11 is 0. The number of hydrogen-bond donors (Lipinski definition) is 2. The minimum Gasteiger partial charge on any atom is -0.409 e. The topological polar surface area (TPSA) is 93.5 Å². The van der Waals surface area contributed by atoms with Crippen LogP contribution in [0.3, 0.4) is 0 Å². The van der Waals surface area contributed by atoms with Crippen molar-refractivity contribution in [2.75, 3.05) is 0 Å². The normalized spacial score (nSPS) is 11.6. The molecule has 0 radical (unpaired) electrons. The van der Waals surface area contributed by atoms with Gasteiger partial charge in [0, 0.05) is 13.2 Å². The highest BCUT2D eigenvalue weighted by molar-refractivity contribution is 5.96. The Morgan fingerprint density at radius 1 is 1.83 bits per heavy atom. The Bertz CT molecular complexity index is 368. The first-order valence-corrected chi connectivity index (χ1v) is 3.15. The summed E-state index contributed by atoms with van der Waals surface area (Å²) in [6.45, 7) is 0. The summed E-state index contributed by atoms with van der Waals surface area (Å²) in [6, 6.07) is 0. The summed E-state index contributed by atoms with van der Waals surface area (Å²) < 4.78 is 1.24. The molecule has 0 bridgehead atoms. The summed E-state index contributed by atoms with van der Waals surface area (Å²) in [5.74, 6) is -0.233. The maximum absolute atomic E-state index is 11.2. The molecule has 1 aromatic heterocycles. The summed E-state index contributed by atoms with van der Waals surface area (Å²) in [4.78, 5) is 14.9. The van der Waals surface area contributed by atoms with Crippen molar-refractivity contribution in [1.82, 2.24) is 9.55 Å². The van der Waals surface area contributed by atoms with Crippen LogP contribution in [0.15, 0.2) is 22.5 Å². The van der Waals surface area contributed by atoms with Crippen molar-refractivity contribution in [3.63, 3.8) is 0 Å². The van der Waals surface area contributed by atoms with Gasteiger partial charge in [-0.2, -0.15) is 0 Å². The summed E-state index contributed by atoms with van der Waals surface area (Å²) in [5, 5.41) is 11.0. The van der Waals surface area contributed by atoms with Gasteiger partial charge in [-0.25, -0.2) is 4.98 Å². The molecule has 6 nitrogen and oxygen atoms in total. The van der Waals surface area contributed by atoms with Crippen molar-refractivity contribution in [1.29, 1.82) is 0 Å². The number of rotatable bonds is 1. The summed E-state index contributed by atoms with van der Waals surface area (Å²) in [5.41, 5.74) is 4.95. The molecule has 0 aromatic carbocycles. The molecule has 6 heteroatoms. The molecule has 0 unspecified atom stereocenters. The maximum atomic E-state index is 11.2. The quantitative estimate of drug-likeness (QED) is 0.240. The molecule has 0 aliphatic heterocycles. The highest BCUT2D eigenvalue weighted by Gasteiger charge is 2.05. The lowest BCUT2D eigenvalue weighted by Crippen LogP contribution is -2.28. The molecule has 3 N–H and O–H groups in total. The fraction of sp³-hybridized carbons (Fsp3) is 0.167. The van der Waals surface area contributed by atoms with E-state index < -0.39 is 0 Å². The van der Waals surface area contributed by atoms with Crippen LogP contribution in [0.4, 0.5) is 0 Å². The number of nitrogens with two attached hydrogens (primary N) is 1. The van der Waals surface area contributed by atoms with Crippen molar-refractivity contribution >= 4 is 5.84 Å². The molecule has 1 aromatic rings. The largest absolute Gasteiger partial charge is 0.409 e. The predicted octanol–water partition coefficient (Wildman–Crippen LogP) is -1.13. The van der Waals surface area contributed by atoms with Gasteiger partial charge >= 0.3 is 0 Å². The third kappa shape index (κ3) is 1.26. The molecule has 64 valence electrons. The molecule has 0 saturated heterocycles. The Morgan fingerprint density at radius 3 is 3.08 bits per heavy atom. The van der Waals surface area contributed by atoms with Crippen LogP contribution in [0.25, 0.3) is 0 Å². The minimum absolute atomic E-state index is 0.0856. The Labute approximate surface area is 68.0 Å². The zero-order chi connectivity index (χ0) is 9.14. The lowest BCUT2D eigenvalue weighted by molar-refractivity contribution is 0.318. The van der Waals surface area contributed by atoms with Crippen LogP contribution in [0, 0.1) is 0 Å². The van der Waals surface area contributed by atoms with Gasteiger partial charge < -0.3 is 15.5 Å². The van der Waals surface area contributed by atoms with Crippen LogP contribution in [-0.4, -0.2) is 20.6 Å². The molecule has 0 atom stereocenters. The van der Waals surface area contributed by atoms with E-state index in [1.807, 2.05) is 0 Å². The number of nitrogens with zero attached hydrogens (tertiary/aromatic N) is 3. The minimum atomic E-state index is -0.347. The first-order chi connectivity index (χ1) is 5.66. The van der Waals surface area contributed by atoms with Crippen molar-refractivity contribution in [2.24, 2.45) is 17.9 Å². The average molecular weight is 168 g/mol. The van der Waals surface area contributed by atoms with Gasteiger partial charge in [0.2, 0.25) is 0 Å². The van der Waals surface area contributed by atoms with Crippen molar-refractivity contribution in [3.8, 4) is 0 Å². The molecule has 0 fully saturated rings. The van der Waals surface area contributed by atoms with Crippen LogP contribution in [0.2, 0.25) is 0 Å². The smallest absolute Gasteiger partial charge is 0.264 e. The monoisotopic (exact) mass is 168 g/mol. The lowest BCUT2D eigenvalue weighted by Gasteiger charge is -1.98.